The molecule has 0 spiro atoms. The number of aliphatic hydroxyl groups excluding tert-OH is 1. The number of aromatic hydroxyl groups is 1. The summed E-state index contributed by atoms with van der Waals surface area (Å²) in [6, 6.07) is 6.21. The van der Waals surface area contributed by atoms with E-state index in [1.807, 2.05) is 18.2 Å². The number of aromatic amines is 1. The number of rotatable bonds is 23. The predicted octanol–water partition coefficient (Wildman–Crippen LogP) is -2.10. The smallest absolute Gasteiger partial charge is 0.322 e. The highest BCUT2D eigenvalue weighted by atomic mass is 16.4. The molecule has 0 fully saturated rings. The number of hydrogen-bond donors (Lipinski definition) is 12. The van der Waals surface area contributed by atoms with Crippen LogP contribution >= 0.6 is 0 Å². The molecule has 15 N–H and O–H groups in total. The second-order valence-corrected chi connectivity index (χ2v) is 13.4. The monoisotopic (exact) mass is 781 g/mol. The van der Waals surface area contributed by atoms with Gasteiger partial charge in [0, 0.05) is 36.4 Å². The summed E-state index contributed by atoms with van der Waals surface area (Å²) in [4.78, 5) is 93.2. The van der Waals surface area contributed by atoms with Crippen LogP contribution in [0.25, 0.3) is 10.9 Å². The van der Waals surface area contributed by atoms with Crippen molar-refractivity contribution in [1.82, 2.24) is 31.6 Å². The number of fused-ring (bicyclic) bond motifs is 1. The average molecular weight is 782 g/mol. The van der Waals surface area contributed by atoms with E-state index in [0.29, 0.717) is 30.5 Å². The van der Waals surface area contributed by atoms with E-state index in [1.165, 1.54) is 31.2 Å². The molecule has 2 aromatic carbocycles. The molecular weight excluding hydrogens is 730 g/mol. The second kappa shape index (κ2) is 21.7. The van der Waals surface area contributed by atoms with Crippen LogP contribution in [-0.4, -0.2) is 111 Å². The first-order valence-corrected chi connectivity index (χ1v) is 18.1. The fourth-order valence-corrected chi connectivity index (χ4v) is 5.75. The number of nitrogens with one attached hydrogen (secondary N) is 6. The van der Waals surface area contributed by atoms with Crippen molar-refractivity contribution >= 4 is 52.3 Å². The summed E-state index contributed by atoms with van der Waals surface area (Å²) in [5, 5.41) is 42.3. The van der Waals surface area contributed by atoms with Crippen LogP contribution in [0.3, 0.4) is 0 Å². The fraction of sp³-hybridized carbons (Fsp3) is 0.432. The maximum atomic E-state index is 14.3. The van der Waals surface area contributed by atoms with Gasteiger partial charge in [0.05, 0.1) is 12.1 Å². The Morgan fingerprint density at radius 2 is 1.38 bits per heavy atom. The summed E-state index contributed by atoms with van der Waals surface area (Å²) in [5.74, 6) is -6.31. The average Bonchev–Trinajstić information content (AvgIpc) is 3.56. The largest absolute Gasteiger partial charge is 0.508 e. The fourth-order valence-electron chi connectivity index (χ4n) is 5.75. The standard InChI is InChI=1S/C37H51N9O10/c1-20(47)32(37(56)42-19-31(50)51)46-36(55)28(16-21-9-11-23(48)12-10-21)44-35(54)29(17-22-18-41-26-7-3-2-6-24(22)26)45-34(53)27(8-4-5-15-38)43-33(52)25(39)13-14-30(40)49/h2-3,6-7,9-12,18,20,25,27-29,32,41,47-48H,4-5,8,13-17,19,38-39H2,1H3,(H2,40,49)(H,42,56)(H,43,52)(H,44,54)(H,45,53)(H,46,55)(H,50,51). The molecule has 0 aliphatic heterocycles. The number of aliphatic carboxylic acids is 1. The summed E-state index contributed by atoms with van der Waals surface area (Å²) >= 11 is 0. The highest BCUT2D eigenvalue weighted by Crippen LogP contribution is 2.20. The first-order chi connectivity index (χ1) is 26.6. The quantitative estimate of drug-likeness (QED) is 0.0461. The molecule has 0 aliphatic rings. The molecule has 0 saturated carbocycles. The lowest BCUT2D eigenvalue weighted by Gasteiger charge is -2.27. The molecule has 0 aliphatic carbocycles. The maximum absolute atomic E-state index is 14.3. The summed E-state index contributed by atoms with van der Waals surface area (Å²) in [7, 11) is 0. The van der Waals surface area contributed by atoms with Crippen LogP contribution in [0.1, 0.15) is 50.2 Å². The van der Waals surface area contributed by atoms with Gasteiger partial charge in [-0.15, -0.1) is 0 Å². The van der Waals surface area contributed by atoms with Crippen LogP contribution in [-0.2, 0) is 46.4 Å². The molecule has 6 amide bonds. The molecule has 56 heavy (non-hydrogen) atoms. The Morgan fingerprint density at radius 3 is 2.00 bits per heavy atom. The molecule has 0 saturated heterocycles. The number of H-pyrrole nitrogens is 1. The van der Waals surface area contributed by atoms with Crippen LogP contribution in [0.2, 0.25) is 0 Å². The van der Waals surface area contributed by atoms with Gasteiger partial charge in [-0.05, 0) is 68.5 Å². The number of nitrogens with two attached hydrogens (primary N) is 3. The van der Waals surface area contributed by atoms with Gasteiger partial charge in [-0.2, -0.15) is 0 Å². The Morgan fingerprint density at radius 1 is 0.768 bits per heavy atom. The molecule has 1 aromatic heterocycles. The highest BCUT2D eigenvalue weighted by molar-refractivity contribution is 5.97. The Labute approximate surface area is 322 Å². The highest BCUT2D eigenvalue weighted by Gasteiger charge is 2.34. The van der Waals surface area contributed by atoms with Crippen molar-refractivity contribution in [3.8, 4) is 5.75 Å². The topological polar surface area (TPSA) is 334 Å². The van der Waals surface area contributed by atoms with Gasteiger partial charge in [-0.1, -0.05) is 30.3 Å². The maximum Gasteiger partial charge on any atom is 0.322 e. The minimum Gasteiger partial charge on any atom is -0.508 e. The van der Waals surface area contributed by atoms with E-state index in [1.54, 1.807) is 12.3 Å². The number of benzene rings is 2. The first kappa shape index (κ1) is 44.3. The van der Waals surface area contributed by atoms with E-state index in [2.05, 4.69) is 31.6 Å². The van der Waals surface area contributed by atoms with E-state index in [-0.39, 0.29) is 37.9 Å². The first-order valence-electron chi connectivity index (χ1n) is 18.1. The summed E-state index contributed by atoms with van der Waals surface area (Å²) in [6.07, 6.45) is 0.740. The van der Waals surface area contributed by atoms with Crippen molar-refractivity contribution in [2.75, 3.05) is 13.1 Å². The zero-order valence-corrected chi connectivity index (χ0v) is 31.0. The Bertz CT molecular complexity index is 1830. The number of unbranched alkanes of at least 4 members (excludes halogenated alkanes) is 1. The van der Waals surface area contributed by atoms with Crippen molar-refractivity contribution in [3.63, 3.8) is 0 Å². The number of primary amides is 1. The lowest BCUT2D eigenvalue weighted by Crippen LogP contribution is -2.61. The molecular formula is C37H51N9O10. The van der Waals surface area contributed by atoms with Crippen LogP contribution in [0, 0.1) is 0 Å². The zero-order chi connectivity index (χ0) is 41.4. The van der Waals surface area contributed by atoms with E-state index >= 15 is 0 Å². The molecule has 6 atom stereocenters. The van der Waals surface area contributed by atoms with Gasteiger partial charge in [0.2, 0.25) is 35.4 Å². The van der Waals surface area contributed by atoms with Crippen LogP contribution in [0.15, 0.2) is 54.7 Å². The van der Waals surface area contributed by atoms with Gasteiger partial charge in [-0.25, -0.2) is 0 Å². The van der Waals surface area contributed by atoms with Crippen molar-refractivity contribution in [2.24, 2.45) is 17.2 Å². The third-order valence-electron chi connectivity index (χ3n) is 8.84. The number of carbonyl (C=O) groups excluding carboxylic acids is 6. The minimum absolute atomic E-state index is 0.0634. The lowest BCUT2D eigenvalue weighted by atomic mass is 10.0. The number of phenolic OH excluding ortho intramolecular Hbond substituents is 1. The van der Waals surface area contributed by atoms with Crippen molar-refractivity contribution in [3.05, 3.63) is 65.9 Å². The van der Waals surface area contributed by atoms with Crippen LogP contribution < -0.4 is 43.8 Å². The Kier molecular flexibility index (Phi) is 17.2. The third kappa shape index (κ3) is 14.0. The van der Waals surface area contributed by atoms with Crippen molar-refractivity contribution in [1.29, 1.82) is 0 Å². The molecule has 3 rings (SSSR count). The molecule has 0 radical (unpaired) electrons. The molecule has 19 heteroatoms. The Hall–Kier alpha value is -6.05. The number of carboxylic acids is 1. The molecule has 6 unspecified atom stereocenters. The number of para-hydroxylation sites is 1. The number of aromatic nitrogens is 1. The van der Waals surface area contributed by atoms with E-state index < -0.39 is 84.3 Å². The number of aliphatic hydroxyl groups is 1. The molecule has 3 aromatic rings. The summed E-state index contributed by atoms with van der Waals surface area (Å²) in [5.41, 5.74) is 18.7. The number of carboxylic acid groups (broad SMARTS) is 1. The van der Waals surface area contributed by atoms with Gasteiger partial charge >= 0.3 is 5.97 Å². The molecule has 0 bridgehead atoms. The zero-order valence-electron chi connectivity index (χ0n) is 31.0. The Balaban J connectivity index is 1.97. The molecule has 1 heterocycles. The second-order valence-electron chi connectivity index (χ2n) is 13.4. The van der Waals surface area contributed by atoms with Gasteiger partial charge in [-0.3, -0.25) is 33.6 Å². The van der Waals surface area contributed by atoms with Gasteiger partial charge in [0.15, 0.2) is 0 Å². The van der Waals surface area contributed by atoms with E-state index in [4.69, 9.17) is 22.3 Å². The lowest BCUT2D eigenvalue weighted by molar-refractivity contribution is -0.139. The molecule has 19 nitrogen and oxygen atoms in total. The third-order valence-corrected chi connectivity index (χ3v) is 8.84. The van der Waals surface area contributed by atoms with Gasteiger partial charge in [0.25, 0.3) is 0 Å². The van der Waals surface area contributed by atoms with Crippen molar-refractivity contribution < 1.29 is 48.9 Å². The van der Waals surface area contributed by atoms with Crippen LogP contribution in [0.5, 0.6) is 5.75 Å². The molecule has 304 valence electrons. The van der Waals surface area contributed by atoms with Crippen LogP contribution in [0.4, 0.5) is 0 Å². The number of carbonyl (C=O) groups is 7. The SMILES string of the molecule is CC(O)C(NC(=O)C(Cc1ccc(O)cc1)NC(=O)C(Cc1c[nH]c2ccccc12)NC(=O)C(CCCCN)NC(=O)C(N)CCC(N)=O)C(=O)NCC(=O)O. The van der Waals surface area contributed by atoms with Crippen molar-refractivity contribution in [2.45, 2.75) is 88.2 Å². The number of amides is 6. The van der Waals surface area contributed by atoms with Gasteiger partial charge in [0.1, 0.15) is 36.5 Å². The minimum atomic E-state index is -1.62. The van der Waals surface area contributed by atoms with E-state index in [0.717, 1.165) is 10.9 Å². The summed E-state index contributed by atoms with van der Waals surface area (Å²) in [6.45, 7) is 0.736. The number of hydrogen-bond acceptors (Lipinski definition) is 11. The normalized spacial score (nSPS) is 14.3. The summed E-state index contributed by atoms with van der Waals surface area (Å²) < 4.78 is 0. The number of phenols is 1. The van der Waals surface area contributed by atoms with Gasteiger partial charge < -0.3 is 64.1 Å². The predicted molar refractivity (Wildman–Crippen MR) is 203 cm³/mol. The van der Waals surface area contributed by atoms with E-state index in [9.17, 15) is 43.8 Å².